The van der Waals surface area contributed by atoms with Crippen molar-refractivity contribution in [3.8, 4) is 0 Å². The van der Waals surface area contributed by atoms with Crippen molar-refractivity contribution in [3.63, 3.8) is 0 Å². The van der Waals surface area contributed by atoms with E-state index in [2.05, 4.69) is 5.32 Å². The fourth-order valence-corrected chi connectivity index (χ4v) is 4.64. The highest BCUT2D eigenvalue weighted by molar-refractivity contribution is 5.99. The Hall–Kier alpha value is -3.33. The first-order valence-corrected chi connectivity index (χ1v) is 11.5. The standard InChI is InChI=1S/C25H28F2N4O3/c26-18-13-17(14-19(27)15-18)25(34)31-11-10-30(22(32)12-16-4-2-1-3-5-16)24(31)23(33)29-21-8-6-20(28)7-9-21/h1-5,13-15,20-21,24H,6-12,28H2,(H,29,33). The Morgan fingerprint density at radius 2 is 1.53 bits per heavy atom. The van der Waals surface area contributed by atoms with E-state index in [9.17, 15) is 23.2 Å². The summed E-state index contributed by atoms with van der Waals surface area (Å²) in [6, 6.07) is 11.6. The van der Waals surface area contributed by atoms with E-state index < -0.39 is 29.6 Å². The number of carbonyl (C=O) groups excluding carboxylic acids is 3. The predicted octanol–water partition coefficient (Wildman–Crippen LogP) is 2.20. The SMILES string of the molecule is NC1CCC(NC(=O)C2N(C(=O)Cc3ccccc3)CCN2C(=O)c2cc(F)cc(F)c2)CC1. The van der Waals surface area contributed by atoms with Crippen LogP contribution >= 0.6 is 0 Å². The molecule has 1 saturated heterocycles. The predicted molar refractivity (Wildman–Crippen MR) is 121 cm³/mol. The second-order valence-electron chi connectivity index (χ2n) is 8.90. The molecule has 1 aliphatic heterocycles. The smallest absolute Gasteiger partial charge is 0.264 e. The van der Waals surface area contributed by atoms with Gasteiger partial charge in [0.1, 0.15) is 11.6 Å². The molecular weight excluding hydrogens is 442 g/mol. The van der Waals surface area contributed by atoms with Gasteiger partial charge in [0.15, 0.2) is 6.17 Å². The lowest BCUT2D eigenvalue weighted by molar-refractivity contribution is -0.141. The number of nitrogens with two attached hydrogens (primary N) is 1. The zero-order valence-electron chi connectivity index (χ0n) is 18.8. The minimum atomic E-state index is -1.20. The number of hydrogen-bond acceptors (Lipinski definition) is 4. The number of carbonyl (C=O) groups is 3. The van der Waals surface area contributed by atoms with Gasteiger partial charge in [-0.25, -0.2) is 8.78 Å². The molecule has 3 amide bonds. The molecule has 0 radical (unpaired) electrons. The molecule has 9 heteroatoms. The summed E-state index contributed by atoms with van der Waals surface area (Å²) in [5.74, 6) is -3.28. The molecule has 4 rings (SSSR count). The van der Waals surface area contributed by atoms with Crippen molar-refractivity contribution in [1.82, 2.24) is 15.1 Å². The Balaban J connectivity index is 1.57. The Kier molecular flexibility index (Phi) is 7.21. The van der Waals surface area contributed by atoms with Gasteiger partial charge in [-0.15, -0.1) is 0 Å². The third kappa shape index (κ3) is 5.41. The van der Waals surface area contributed by atoms with E-state index in [1.165, 1.54) is 9.80 Å². The van der Waals surface area contributed by atoms with Gasteiger partial charge in [0.05, 0.1) is 6.42 Å². The fourth-order valence-electron chi connectivity index (χ4n) is 4.64. The maximum Gasteiger partial charge on any atom is 0.264 e. The van der Waals surface area contributed by atoms with Crippen LogP contribution in [0.4, 0.5) is 8.78 Å². The van der Waals surface area contributed by atoms with Gasteiger partial charge in [0.25, 0.3) is 11.8 Å². The summed E-state index contributed by atoms with van der Waals surface area (Å²) in [6.45, 7) is 0.216. The van der Waals surface area contributed by atoms with Gasteiger partial charge >= 0.3 is 0 Å². The highest BCUT2D eigenvalue weighted by atomic mass is 19.1. The van der Waals surface area contributed by atoms with Crippen molar-refractivity contribution in [2.24, 2.45) is 5.73 Å². The number of amides is 3. The highest BCUT2D eigenvalue weighted by Crippen LogP contribution is 2.23. The molecule has 7 nitrogen and oxygen atoms in total. The number of halogens is 2. The quantitative estimate of drug-likeness (QED) is 0.701. The number of nitrogens with zero attached hydrogens (tertiary/aromatic N) is 2. The van der Waals surface area contributed by atoms with Crippen LogP contribution in [0.25, 0.3) is 0 Å². The molecule has 0 spiro atoms. The monoisotopic (exact) mass is 470 g/mol. The van der Waals surface area contributed by atoms with Gasteiger partial charge in [-0.2, -0.15) is 0 Å². The second kappa shape index (κ2) is 10.3. The molecule has 1 atom stereocenters. The van der Waals surface area contributed by atoms with E-state index in [1.807, 2.05) is 30.3 Å². The van der Waals surface area contributed by atoms with Crippen LogP contribution in [0.2, 0.25) is 0 Å². The van der Waals surface area contributed by atoms with Crippen LogP contribution in [0.5, 0.6) is 0 Å². The summed E-state index contributed by atoms with van der Waals surface area (Å²) < 4.78 is 27.5. The maximum absolute atomic E-state index is 13.8. The van der Waals surface area contributed by atoms with Gasteiger partial charge in [-0.1, -0.05) is 30.3 Å². The van der Waals surface area contributed by atoms with Crippen LogP contribution in [0, 0.1) is 11.6 Å². The fraction of sp³-hybridized carbons (Fsp3) is 0.400. The van der Waals surface area contributed by atoms with Crippen molar-refractivity contribution in [2.75, 3.05) is 13.1 Å². The van der Waals surface area contributed by atoms with E-state index in [-0.39, 0.29) is 43.1 Å². The molecule has 2 aromatic rings. The Morgan fingerprint density at radius 3 is 2.18 bits per heavy atom. The normalized spacial score (nSPS) is 22.5. The summed E-state index contributed by atoms with van der Waals surface area (Å²) in [7, 11) is 0. The minimum absolute atomic E-state index is 0.0690. The lowest BCUT2D eigenvalue weighted by Crippen LogP contribution is -2.56. The van der Waals surface area contributed by atoms with Gasteiger partial charge in [0.2, 0.25) is 5.91 Å². The maximum atomic E-state index is 13.8. The van der Waals surface area contributed by atoms with E-state index in [1.54, 1.807) is 0 Å². The topological polar surface area (TPSA) is 95.7 Å². The number of hydrogen-bond donors (Lipinski definition) is 2. The lowest BCUT2D eigenvalue weighted by Gasteiger charge is -2.33. The summed E-state index contributed by atoms with van der Waals surface area (Å²) in [4.78, 5) is 42.3. The van der Waals surface area contributed by atoms with E-state index in [4.69, 9.17) is 5.73 Å². The molecule has 1 heterocycles. The molecule has 2 fully saturated rings. The molecule has 2 aromatic carbocycles. The van der Waals surface area contributed by atoms with Crippen molar-refractivity contribution >= 4 is 17.7 Å². The number of nitrogens with one attached hydrogen (secondary N) is 1. The summed E-state index contributed by atoms with van der Waals surface area (Å²) in [5, 5.41) is 2.96. The van der Waals surface area contributed by atoms with Crippen LogP contribution < -0.4 is 11.1 Å². The van der Waals surface area contributed by atoms with Crippen LogP contribution in [0.3, 0.4) is 0 Å². The van der Waals surface area contributed by atoms with Gasteiger partial charge < -0.3 is 20.9 Å². The average Bonchev–Trinajstić information content (AvgIpc) is 3.25. The zero-order chi connectivity index (χ0) is 24.2. The third-order valence-electron chi connectivity index (χ3n) is 6.41. The van der Waals surface area contributed by atoms with Crippen LogP contribution in [0.1, 0.15) is 41.6 Å². The second-order valence-corrected chi connectivity index (χ2v) is 8.90. The molecule has 2 aliphatic rings. The van der Waals surface area contributed by atoms with E-state index in [0.717, 1.165) is 30.5 Å². The van der Waals surface area contributed by atoms with Crippen molar-refractivity contribution in [3.05, 3.63) is 71.3 Å². The van der Waals surface area contributed by atoms with Gasteiger partial charge in [-0.3, -0.25) is 14.4 Å². The molecule has 1 aliphatic carbocycles. The lowest BCUT2D eigenvalue weighted by atomic mass is 9.92. The number of benzene rings is 2. The first-order valence-electron chi connectivity index (χ1n) is 11.5. The van der Waals surface area contributed by atoms with Crippen molar-refractivity contribution in [1.29, 1.82) is 0 Å². The summed E-state index contributed by atoms with van der Waals surface area (Å²) >= 11 is 0. The Labute approximate surface area is 196 Å². The van der Waals surface area contributed by atoms with E-state index >= 15 is 0 Å². The zero-order valence-corrected chi connectivity index (χ0v) is 18.8. The molecule has 3 N–H and O–H groups in total. The molecular formula is C25H28F2N4O3. The summed E-state index contributed by atoms with van der Waals surface area (Å²) in [6.07, 6.45) is 1.83. The third-order valence-corrected chi connectivity index (χ3v) is 6.41. The molecule has 0 aromatic heterocycles. The first-order chi connectivity index (χ1) is 16.3. The van der Waals surface area contributed by atoms with Gasteiger partial charge in [-0.05, 0) is 43.4 Å². The van der Waals surface area contributed by atoms with Crippen LogP contribution in [0.15, 0.2) is 48.5 Å². The van der Waals surface area contributed by atoms with Gasteiger partial charge in [0, 0.05) is 36.8 Å². The van der Waals surface area contributed by atoms with E-state index in [0.29, 0.717) is 18.9 Å². The largest absolute Gasteiger partial charge is 0.350 e. The first kappa shape index (κ1) is 23.8. The minimum Gasteiger partial charge on any atom is -0.350 e. The summed E-state index contributed by atoms with van der Waals surface area (Å²) in [5.41, 5.74) is 6.53. The van der Waals surface area contributed by atoms with Crippen molar-refractivity contribution < 1.29 is 23.2 Å². The number of rotatable bonds is 5. The average molecular weight is 471 g/mol. The molecule has 180 valence electrons. The molecule has 1 saturated carbocycles. The Morgan fingerprint density at radius 1 is 0.912 bits per heavy atom. The molecule has 1 unspecified atom stereocenters. The Bertz CT molecular complexity index is 1040. The highest BCUT2D eigenvalue weighted by Gasteiger charge is 2.43. The molecule has 0 bridgehead atoms. The van der Waals surface area contributed by atoms with Crippen LogP contribution in [-0.2, 0) is 16.0 Å². The molecule has 34 heavy (non-hydrogen) atoms. The van der Waals surface area contributed by atoms with Crippen molar-refractivity contribution in [2.45, 2.75) is 50.4 Å². The van der Waals surface area contributed by atoms with Crippen LogP contribution in [-0.4, -0.2) is 58.9 Å².